The molecule has 0 atom stereocenters. The van der Waals surface area contributed by atoms with Crippen LogP contribution in [0, 0.1) is 19.7 Å². The van der Waals surface area contributed by atoms with E-state index in [2.05, 4.69) is 46.1 Å². The fraction of sp³-hybridized carbons (Fsp3) is 0.192. The topological polar surface area (TPSA) is 139 Å². The Bertz CT molecular complexity index is 1610. The van der Waals surface area contributed by atoms with E-state index in [1.807, 2.05) is 56.4 Å². The summed E-state index contributed by atoms with van der Waals surface area (Å²) in [5, 5.41) is 18.9. The van der Waals surface area contributed by atoms with Crippen LogP contribution in [0.5, 0.6) is 0 Å². The molecule has 1 amide bonds. The summed E-state index contributed by atoms with van der Waals surface area (Å²) in [4.78, 5) is 29.4. The Morgan fingerprint density at radius 1 is 1.10 bits per heavy atom. The van der Waals surface area contributed by atoms with Gasteiger partial charge in [-0.3, -0.25) is 20.4 Å². The summed E-state index contributed by atoms with van der Waals surface area (Å²) in [6.07, 6.45) is 2.37. The maximum absolute atomic E-state index is 13.8. The minimum Gasteiger partial charge on any atom is -0.361 e. The number of aliphatic imine (C=N–C) groups is 1. The normalized spacial score (nSPS) is 11.6. The molecular formula is C26H25FN10OS. The van der Waals surface area contributed by atoms with Gasteiger partial charge in [0, 0.05) is 35.0 Å². The maximum atomic E-state index is 13.8. The number of anilines is 1. The van der Waals surface area contributed by atoms with Crippen molar-refractivity contribution in [3.63, 3.8) is 0 Å². The van der Waals surface area contributed by atoms with Gasteiger partial charge in [0.05, 0.1) is 11.4 Å². The molecule has 39 heavy (non-hydrogen) atoms. The highest BCUT2D eigenvalue weighted by atomic mass is 32.2. The number of aryl methyl sites for hydroxylation is 2. The number of carbonyl (C=O) groups is 1. The van der Waals surface area contributed by atoms with Crippen LogP contribution in [0.25, 0.3) is 16.6 Å². The molecule has 0 aliphatic carbocycles. The number of guanidine groups is 1. The van der Waals surface area contributed by atoms with Crippen LogP contribution in [-0.4, -0.2) is 59.3 Å². The number of aromatic amines is 1. The average molecular weight is 545 g/mol. The summed E-state index contributed by atoms with van der Waals surface area (Å²) in [6, 6.07) is 15.9. The molecule has 198 valence electrons. The number of amides is 1. The lowest BCUT2D eigenvalue weighted by atomic mass is 10.1. The lowest BCUT2D eigenvalue weighted by Gasteiger charge is -2.11. The Kier molecular flexibility index (Phi) is 7.87. The molecule has 0 fully saturated rings. The number of para-hydroxylation sites is 1. The van der Waals surface area contributed by atoms with Gasteiger partial charge < -0.3 is 4.98 Å². The Morgan fingerprint density at radius 3 is 2.69 bits per heavy atom. The van der Waals surface area contributed by atoms with Crippen LogP contribution >= 0.6 is 11.8 Å². The highest BCUT2D eigenvalue weighted by Gasteiger charge is 2.14. The van der Waals surface area contributed by atoms with E-state index in [0.717, 1.165) is 33.5 Å². The number of H-pyrrole nitrogens is 1. The summed E-state index contributed by atoms with van der Waals surface area (Å²) in [5.41, 5.74) is 4.11. The Balaban J connectivity index is 1.28. The third-order valence-electron chi connectivity index (χ3n) is 5.62. The van der Waals surface area contributed by atoms with E-state index in [1.54, 1.807) is 10.7 Å². The Labute approximate surface area is 227 Å². The molecule has 2 aromatic carbocycles. The molecule has 0 radical (unpaired) electrons. The van der Waals surface area contributed by atoms with E-state index >= 15 is 0 Å². The predicted octanol–water partition coefficient (Wildman–Crippen LogP) is 3.61. The summed E-state index contributed by atoms with van der Waals surface area (Å²) >= 11 is 1.20. The number of rotatable bonds is 8. The zero-order valence-electron chi connectivity index (χ0n) is 21.2. The van der Waals surface area contributed by atoms with Crippen LogP contribution in [0.15, 0.2) is 70.9 Å². The number of thioether (sulfide) groups is 1. The number of aromatic nitrogens is 7. The monoisotopic (exact) mass is 544 g/mol. The fourth-order valence-corrected chi connectivity index (χ4v) is 4.63. The van der Waals surface area contributed by atoms with Crippen molar-refractivity contribution in [2.24, 2.45) is 4.99 Å². The predicted molar refractivity (Wildman–Crippen MR) is 147 cm³/mol. The first-order valence-corrected chi connectivity index (χ1v) is 13.1. The number of halogens is 1. The Morgan fingerprint density at radius 2 is 1.90 bits per heavy atom. The molecule has 0 aliphatic heterocycles. The van der Waals surface area contributed by atoms with Crippen molar-refractivity contribution >= 4 is 40.5 Å². The molecule has 0 bridgehead atoms. The van der Waals surface area contributed by atoms with Crippen molar-refractivity contribution in [2.45, 2.75) is 25.4 Å². The largest absolute Gasteiger partial charge is 0.361 e. The van der Waals surface area contributed by atoms with Gasteiger partial charge in [-0.2, -0.15) is 4.68 Å². The molecule has 11 nitrogen and oxygen atoms in total. The molecular weight excluding hydrogens is 519 g/mol. The molecule has 3 N–H and O–H groups in total. The number of carbonyl (C=O) groups excluding carboxylic acids is 1. The number of benzene rings is 2. The Hall–Kier alpha value is -4.65. The van der Waals surface area contributed by atoms with E-state index in [0.29, 0.717) is 24.1 Å². The first kappa shape index (κ1) is 26.0. The van der Waals surface area contributed by atoms with Gasteiger partial charge in [-0.05, 0) is 72.7 Å². The van der Waals surface area contributed by atoms with Crippen LogP contribution in [0.2, 0.25) is 0 Å². The van der Waals surface area contributed by atoms with E-state index in [4.69, 9.17) is 0 Å². The molecule has 0 spiro atoms. The van der Waals surface area contributed by atoms with Gasteiger partial charge in [-0.1, -0.05) is 30.0 Å². The van der Waals surface area contributed by atoms with E-state index in [1.165, 1.54) is 23.9 Å². The summed E-state index contributed by atoms with van der Waals surface area (Å²) in [5.74, 6) is -0.0409. The molecule has 0 saturated heterocycles. The first-order valence-electron chi connectivity index (χ1n) is 12.1. The summed E-state index contributed by atoms with van der Waals surface area (Å²) in [6.45, 7) is 4.05. The number of tetrazole rings is 1. The first-order chi connectivity index (χ1) is 18.9. The van der Waals surface area contributed by atoms with Crippen LogP contribution in [-0.2, 0) is 11.2 Å². The smallest absolute Gasteiger partial charge is 0.237 e. The van der Waals surface area contributed by atoms with E-state index < -0.39 is 0 Å². The van der Waals surface area contributed by atoms with Gasteiger partial charge in [0.2, 0.25) is 23.0 Å². The molecule has 5 rings (SSSR count). The van der Waals surface area contributed by atoms with Crippen molar-refractivity contribution in [2.75, 3.05) is 17.6 Å². The molecule has 13 heteroatoms. The SMILES string of the molecule is Cc1cc(C)nc(NC(=NCCc2c[nH]c3ccc(F)cc23)NC(=O)CSc2nnnn2-c2ccccc2)n1. The summed E-state index contributed by atoms with van der Waals surface area (Å²) in [7, 11) is 0. The molecule has 3 heterocycles. The van der Waals surface area contributed by atoms with Crippen molar-refractivity contribution in [1.29, 1.82) is 0 Å². The summed E-state index contributed by atoms with van der Waals surface area (Å²) < 4.78 is 15.3. The molecule has 5 aromatic rings. The van der Waals surface area contributed by atoms with Gasteiger partial charge in [0.15, 0.2) is 0 Å². The fourth-order valence-electron chi connectivity index (χ4n) is 3.94. The van der Waals surface area contributed by atoms with Crippen LogP contribution < -0.4 is 10.6 Å². The van der Waals surface area contributed by atoms with Gasteiger partial charge in [0.25, 0.3) is 0 Å². The number of fused-ring (bicyclic) bond motifs is 1. The maximum Gasteiger partial charge on any atom is 0.237 e. The zero-order valence-corrected chi connectivity index (χ0v) is 22.0. The van der Waals surface area contributed by atoms with Gasteiger partial charge in [0.1, 0.15) is 5.82 Å². The molecule has 0 unspecified atom stereocenters. The van der Waals surface area contributed by atoms with Gasteiger partial charge in [-0.25, -0.2) is 14.4 Å². The molecule has 0 saturated carbocycles. The van der Waals surface area contributed by atoms with Crippen molar-refractivity contribution in [3.8, 4) is 5.69 Å². The second kappa shape index (κ2) is 11.8. The second-order valence-electron chi connectivity index (χ2n) is 8.63. The van der Waals surface area contributed by atoms with Crippen LogP contribution in [0.3, 0.4) is 0 Å². The van der Waals surface area contributed by atoms with Gasteiger partial charge >= 0.3 is 0 Å². The van der Waals surface area contributed by atoms with E-state index in [-0.39, 0.29) is 23.4 Å². The van der Waals surface area contributed by atoms with Crippen molar-refractivity contribution in [3.05, 3.63) is 83.6 Å². The number of hydrogen-bond donors (Lipinski definition) is 3. The average Bonchev–Trinajstić information content (AvgIpc) is 3.54. The number of nitrogens with one attached hydrogen (secondary N) is 3. The quantitative estimate of drug-likeness (QED) is 0.153. The molecule has 3 aromatic heterocycles. The third-order valence-corrected chi connectivity index (χ3v) is 6.54. The lowest BCUT2D eigenvalue weighted by molar-refractivity contribution is -0.117. The standard InChI is InChI=1S/C26H25FN10OS/c1-16-12-17(2)31-25(30-16)33-24(28-11-10-18-14-29-22-9-8-19(27)13-21(18)22)32-23(38)15-39-26-34-35-36-37(26)20-6-4-3-5-7-20/h3-9,12-14,29H,10-11,15H2,1-2H3,(H2,28,30,31,32,33,38). The highest BCUT2D eigenvalue weighted by Crippen LogP contribution is 2.20. The lowest BCUT2D eigenvalue weighted by Crippen LogP contribution is -2.38. The number of hydrogen-bond acceptors (Lipinski definition) is 8. The van der Waals surface area contributed by atoms with Crippen molar-refractivity contribution in [1.82, 2.24) is 40.5 Å². The molecule has 0 aliphatic rings. The van der Waals surface area contributed by atoms with Crippen LogP contribution in [0.1, 0.15) is 17.0 Å². The number of nitrogens with zero attached hydrogens (tertiary/aromatic N) is 7. The third kappa shape index (κ3) is 6.62. The van der Waals surface area contributed by atoms with Crippen LogP contribution in [0.4, 0.5) is 10.3 Å². The van der Waals surface area contributed by atoms with Crippen molar-refractivity contribution < 1.29 is 9.18 Å². The second-order valence-corrected chi connectivity index (χ2v) is 9.57. The van der Waals surface area contributed by atoms with Gasteiger partial charge in [-0.15, -0.1) is 5.10 Å². The minimum absolute atomic E-state index is 0.0450. The highest BCUT2D eigenvalue weighted by molar-refractivity contribution is 7.99. The van der Waals surface area contributed by atoms with E-state index in [9.17, 15) is 9.18 Å². The zero-order chi connectivity index (χ0) is 27.2. The minimum atomic E-state index is -0.313.